The molecule has 0 aromatic rings. The molecule has 2 N–H and O–H groups in total. The summed E-state index contributed by atoms with van der Waals surface area (Å²) in [6.45, 7) is 3.79. The highest BCUT2D eigenvalue weighted by molar-refractivity contribution is 7.98. The first-order valence-electron chi connectivity index (χ1n) is 5.08. The standard InChI is InChI=1S/C8H16N2O5S2/c1-2-5-9-17(13,14)10(16(11)12)7-8-4-3-6-15-8/h2,8-9H,1,3-7H2,(H,11,12). The number of ether oxygens (including phenoxy) is 1. The Balaban J connectivity index is 2.70. The van der Waals surface area contributed by atoms with Gasteiger partial charge in [-0.2, -0.15) is 13.1 Å². The highest BCUT2D eigenvalue weighted by Crippen LogP contribution is 2.15. The molecular formula is C8H16N2O5S2. The van der Waals surface area contributed by atoms with Crippen LogP contribution in [0.2, 0.25) is 0 Å². The van der Waals surface area contributed by atoms with Gasteiger partial charge in [-0.25, -0.2) is 4.21 Å². The van der Waals surface area contributed by atoms with Crippen molar-refractivity contribution in [1.82, 2.24) is 8.43 Å². The van der Waals surface area contributed by atoms with Gasteiger partial charge in [0.25, 0.3) is 10.2 Å². The molecule has 1 fully saturated rings. The van der Waals surface area contributed by atoms with Crippen LogP contribution in [0.1, 0.15) is 12.8 Å². The molecule has 7 nitrogen and oxygen atoms in total. The summed E-state index contributed by atoms with van der Waals surface area (Å²) in [6, 6.07) is 0. The average molecular weight is 284 g/mol. The van der Waals surface area contributed by atoms with Crippen molar-refractivity contribution in [1.29, 1.82) is 0 Å². The fourth-order valence-electron chi connectivity index (χ4n) is 1.44. The van der Waals surface area contributed by atoms with Crippen molar-refractivity contribution in [3.05, 3.63) is 12.7 Å². The Morgan fingerprint density at radius 3 is 2.82 bits per heavy atom. The molecule has 0 saturated carbocycles. The third-order valence-corrected chi connectivity index (χ3v) is 4.91. The van der Waals surface area contributed by atoms with E-state index in [0.717, 1.165) is 6.42 Å². The summed E-state index contributed by atoms with van der Waals surface area (Å²) < 4.78 is 51.2. The average Bonchev–Trinajstić information content (AvgIpc) is 2.75. The van der Waals surface area contributed by atoms with Gasteiger partial charge in [-0.1, -0.05) is 9.79 Å². The Kier molecular flexibility index (Phi) is 5.70. The summed E-state index contributed by atoms with van der Waals surface area (Å²) in [4.78, 5) is 0. The van der Waals surface area contributed by atoms with E-state index in [1.165, 1.54) is 6.08 Å². The van der Waals surface area contributed by atoms with Gasteiger partial charge in [-0.15, -0.1) is 6.58 Å². The molecule has 1 saturated heterocycles. The van der Waals surface area contributed by atoms with Gasteiger partial charge in [0.15, 0.2) is 0 Å². The molecule has 1 aliphatic rings. The van der Waals surface area contributed by atoms with E-state index in [1.54, 1.807) is 0 Å². The predicted octanol–water partition coefficient (Wildman–Crippen LogP) is -0.375. The molecule has 1 aliphatic heterocycles. The van der Waals surface area contributed by atoms with E-state index in [4.69, 9.17) is 9.29 Å². The first-order chi connectivity index (χ1) is 7.97. The van der Waals surface area contributed by atoms with E-state index in [0.29, 0.717) is 16.7 Å². The maximum absolute atomic E-state index is 11.7. The highest BCUT2D eigenvalue weighted by Gasteiger charge is 2.31. The smallest absolute Gasteiger partial charge is 0.292 e. The minimum Gasteiger partial charge on any atom is -0.377 e. The largest absolute Gasteiger partial charge is 0.377 e. The summed E-state index contributed by atoms with van der Waals surface area (Å²) in [5.41, 5.74) is 0. The van der Waals surface area contributed by atoms with Crippen molar-refractivity contribution in [2.45, 2.75) is 18.9 Å². The van der Waals surface area contributed by atoms with Crippen LogP contribution in [0.25, 0.3) is 0 Å². The van der Waals surface area contributed by atoms with Gasteiger partial charge in [0.2, 0.25) is 11.3 Å². The molecule has 9 heteroatoms. The molecule has 1 rings (SSSR count). The number of hydrogen-bond donors (Lipinski definition) is 2. The van der Waals surface area contributed by atoms with Crippen LogP contribution >= 0.6 is 0 Å². The minimum absolute atomic E-state index is 0.00154. The van der Waals surface area contributed by atoms with Crippen LogP contribution in [-0.4, -0.2) is 46.7 Å². The zero-order valence-corrected chi connectivity index (χ0v) is 10.9. The molecule has 0 aliphatic carbocycles. The monoisotopic (exact) mass is 284 g/mol. The first-order valence-corrected chi connectivity index (χ1v) is 7.58. The Hall–Kier alpha value is -0.320. The molecule has 17 heavy (non-hydrogen) atoms. The number of hydrogen-bond acceptors (Lipinski definition) is 4. The quantitative estimate of drug-likeness (QED) is 0.491. The molecule has 0 amide bonds. The second-order valence-corrected chi connectivity index (χ2v) is 6.31. The van der Waals surface area contributed by atoms with Gasteiger partial charge in [0, 0.05) is 13.2 Å². The van der Waals surface area contributed by atoms with E-state index >= 15 is 0 Å². The second-order valence-electron chi connectivity index (χ2n) is 3.49. The lowest BCUT2D eigenvalue weighted by molar-refractivity contribution is 0.104. The molecule has 0 aromatic carbocycles. The van der Waals surface area contributed by atoms with E-state index in [9.17, 15) is 12.6 Å². The molecule has 2 atom stereocenters. The number of nitrogens with one attached hydrogen (secondary N) is 1. The summed E-state index contributed by atoms with van der Waals surface area (Å²) >= 11 is -2.60. The van der Waals surface area contributed by atoms with Gasteiger partial charge >= 0.3 is 0 Å². The summed E-state index contributed by atoms with van der Waals surface area (Å²) in [7, 11) is -3.99. The van der Waals surface area contributed by atoms with Gasteiger partial charge < -0.3 is 4.74 Å². The molecule has 2 unspecified atom stereocenters. The van der Waals surface area contributed by atoms with Gasteiger partial charge in [-0.3, -0.25) is 4.55 Å². The van der Waals surface area contributed by atoms with Crippen LogP contribution in [0.3, 0.4) is 0 Å². The SMILES string of the molecule is C=CCNS(=O)(=O)N(CC1CCCO1)S(=O)O. The van der Waals surface area contributed by atoms with Crippen LogP contribution in [0.15, 0.2) is 12.7 Å². The highest BCUT2D eigenvalue weighted by atomic mass is 32.3. The Morgan fingerprint density at radius 2 is 2.35 bits per heavy atom. The first kappa shape index (κ1) is 14.7. The normalized spacial score (nSPS) is 22.8. The van der Waals surface area contributed by atoms with E-state index in [-0.39, 0.29) is 19.2 Å². The lowest BCUT2D eigenvalue weighted by atomic mass is 10.2. The maximum Gasteiger partial charge on any atom is 0.292 e. The Labute approximate surface area is 103 Å². The van der Waals surface area contributed by atoms with Crippen molar-refractivity contribution in [2.24, 2.45) is 0 Å². The van der Waals surface area contributed by atoms with Crippen LogP contribution in [-0.2, 0) is 26.2 Å². The lowest BCUT2D eigenvalue weighted by Crippen LogP contribution is -2.45. The molecular weight excluding hydrogens is 268 g/mol. The van der Waals surface area contributed by atoms with Crippen LogP contribution in [0.5, 0.6) is 0 Å². The van der Waals surface area contributed by atoms with Crippen LogP contribution in [0.4, 0.5) is 0 Å². The summed E-state index contributed by atoms with van der Waals surface area (Å²) in [6.07, 6.45) is 2.54. The molecule has 0 bridgehead atoms. The Morgan fingerprint density at radius 1 is 1.65 bits per heavy atom. The summed E-state index contributed by atoms with van der Waals surface area (Å²) in [5, 5.41) is 0. The zero-order chi connectivity index (χ0) is 12.9. The second kappa shape index (κ2) is 6.57. The zero-order valence-electron chi connectivity index (χ0n) is 9.24. The fraction of sp³-hybridized carbons (Fsp3) is 0.750. The predicted molar refractivity (Wildman–Crippen MR) is 63.6 cm³/mol. The number of rotatable bonds is 7. The van der Waals surface area contributed by atoms with Crippen LogP contribution < -0.4 is 4.72 Å². The molecule has 1 heterocycles. The van der Waals surface area contributed by atoms with Crippen molar-refractivity contribution >= 4 is 21.5 Å². The van der Waals surface area contributed by atoms with E-state index < -0.39 is 21.5 Å². The van der Waals surface area contributed by atoms with Gasteiger partial charge in [0.1, 0.15) is 0 Å². The topological polar surface area (TPSA) is 95.9 Å². The van der Waals surface area contributed by atoms with Gasteiger partial charge in [0.05, 0.1) is 12.6 Å². The van der Waals surface area contributed by atoms with Gasteiger partial charge in [-0.05, 0) is 12.8 Å². The van der Waals surface area contributed by atoms with Crippen molar-refractivity contribution in [3.8, 4) is 0 Å². The van der Waals surface area contributed by atoms with E-state index in [1.807, 2.05) is 0 Å². The summed E-state index contributed by atoms with van der Waals surface area (Å²) in [5.74, 6) is 0. The van der Waals surface area contributed by atoms with Crippen molar-refractivity contribution < 1.29 is 21.9 Å². The van der Waals surface area contributed by atoms with E-state index in [2.05, 4.69) is 11.3 Å². The van der Waals surface area contributed by atoms with Crippen molar-refractivity contribution in [2.75, 3.05) is 19.7 Å². The minimum atomic E-state index is -3.99. The molecule has 100 valence electrons. The fourth-order valence-corrected chi connectivity index (χ4v) is 3.40. The maximum atomic E-state index is 11.7. The molecule has 0 spiro atoms. The number of nitrogens with zero attached hydrogens (tertiary/aromatic N) is 1. The lowest BCUT2D eigenvalue weighted by Gasteiger charge is -2.20. The van der Waals surface area contributed by atoms with Crippen molar-refractivity contribution in [3.63, 3.8) is 0 Å². The molecule has 0 aromatic heterocycles. The molecule has 0 radical (unpaired) electrons. The van der Waals surface area contributed by atoms with Crippen LogP contribution in [0, 0.1) is 0 Å². The Bertz CT molecular complexity index is 377. The third-order valence-electron chi connectivity index (χ3n) is 2.23. The third kappa shape index (κ3) is 4.45.